The lowest BCUT2D eigenvalue weighted by Crippen LogP contribution is -2.55. The predicted molar refractivity (Wildman–Crippen MR) is 90.9 cm³/mol. The molecule has 0 unspecified atom stereocenters. The number of benzene rings is 1. The fourth-order valence-corrected chi connectivity index (χ4v) is 6.28. The highest BCUT2D eigenvalue weighted by atomic mass is 35.5. The molecule has 4 fully saturated rings. The Kier molecular flexibility index (Phi) is 4.22. The number of hydrogen-bond donors (Lipinski definition) is 0. The Morgan fingerprint density at radius 1 is 0.962 bits per heavy atom. The molecule has 0 radical (unpaired) electrons. The van der Waals surface area contributed by atoms with Gasteiger partial charge in [-0.3, -0.25) is 9.59 Å². The van der Waals surface area contributed by atoms with E-state index < -0.39 is 29.1 Å². The van der Waals surface area contributed by atoms with E-state index in [-0.39, 0.29) is 5.56 Å². The number of ketones is 2. The van der Waals surface area contributed by atoms with Crippen molar-refractivity contribution in [2.24, 2.45) is 29.1 Å². The maximum atomic E-state index is 13.4. The maximum Gasteiger partial charge on any atom is 0.450 e. The molecule has 4 bridgehead atoms. The van der Waals surface area contributed by atoms with Crippen LogP contribution in [0.1, 0.15) is 48.9 Å². The van der Waals surface area contributed by atoms with Gasteiger partial charge in [-0.25, -0.2) is 0 Å². The number of alkyl halides is 3. The highest BCUT2D eigenvalue weighted by Crippen LogP contribution is 2.63. The van der Waals surface area contributed by atoms with Gasteiger partial charge in [-0.15, -0.1) is 0 Å². The van der Waals surface area contributed by atoms with Crippen molar-refractivity contribution >= 4 is 23.2 Å². The molecule has 0 heterocycles. The van der Waals surface area contributed by atoms with E-state index >= 15 is 0 Å². The minimum absolute atomic E-state index is 0.132. The zero-order chi connectivity index (χ0) is 18.7. The number of Topliss-reactive ketones (excluding diaryl/α,β-unsaturated/α-hetero) is 2. The topological polar surface area (TPSA) is 34.1 Å². The molecule has 5 rings (SSSR count). The Morgan fingerprint density at radius 3 is 1.85 bits per heavy atom. The van der Waals surface area contributed by atoms with Gasteiger partial charge in [0.25, 0.3) is 0 Å². The van der Waals surface area contributed by atoms with E-state index in [1.807, 2.05) is 0 Å². The highest BCUT2D eigenvalue weighted by Gasteiger charge is 2.61. The fraction of sp³-hybridized carbons (Fsp3) is 0.600. The van der Waals surface area contributed by atoms with Gasteiger partial charge in [-0.05, 0) is 86.0 Å². The van der Waals surface area contributed by atoms with Crippen LogP contribution in [0.4, 0.5) is 13.2 Å². The van der Waals surface area contributed by atoms with Gasteiger partial charge in [-0.1, -0.05) is 11.6 Å². The zero-order valence-corrected chi connectivity index (χ0v) is 14.9. The Bertz CT molecular complexity index is 703. The molecule has 4 aliphatic carbocycles. The normalized spacial score (nSPS) is 33.9. The summed E-state index contributed by atoms with van der Waals surface area (Å²) in [4.78, 5) is 25.5. The standard InChI is InChI=1S/C20H20ClF3O2/c21-15-3-1-14(2-4-15)17(25)16(18(26)20(22,23)24)19-8-11-5-12(9-19)7-13(6-11)10-19/h1-4,11-13,16H,5-10H2/t11?,12?,13?,16-,19?/m1/s1. The van der Waals surface area contributed by atoms with Crippen LogP contribution in [0.2, 0.25) is 5.02 Å². The van der Waals surface area contributed by atoms with Gasteiger partial charge in [0.1, 0.15) is 0 Å². The average Bonchev–Trinajstić information content (AvgIpc) is 2.53. The van der Waals surface area contributed by atoms with Crippen molar-refractivity contribution in [2.75, 3.05) is 0 Å². The molecule has 4 saturated carbocycles. The Labute approximate surface area is 155 Å². The first kappa shape index (κ1) is 18.0. The smallest absolute Gasteiger partial charge is 0.293 e. The van der Waals surface area contributed by atoms with Gasteiger partial charge in [-0.2, -0.15) is 13.2 Å². The largest absolute Gasteiger partial charge is 0.450 e. The Balaban J connectivity index is 1.75. The Morgan fingerprint density at radius 2 is 1.42 bits per heavy atom. The summed E-state index contributed by atoms with van der Waals surface area (Å²) in [5.41, 5.74) is -0.703. The van der Waals surface area contributed by atoms with E-state index in [9.17, 15) is 22.8 Å². The molecular formula is C20H20ClF3O2. The lowest BCUT2D eigenvalue weighted by Gasteiger charge is -2.58. The molecule has 1 atom stereocenters. The van der Waals surface area contributed by atoms with Crippen molar-refractivity contribution in [1.82, 2.24) is 0 Å². The van der Waals surface area contributed by atoms with Crippen molar-refractivity contribution in [3.63, 3.8) is 0 Å². The van der Waals surface area contributed by atoms with Gasteiger partial charge in [0.05, 0.1) is 5.92 Å². The molecule has 0 aliphatic heterocycles. The molecule has 0 spiro atoms. The zero-order valence-electron chi connectivity index (χ0n) is 14.2. The van der Waals surface area contributed by atoms with Crippen molar-refractivity contribution < 1.29 is 22.8 Å². The third-order valence-electron chi connectivity index (χ3n) is 6.63. The van der Waals surface area contributed by atoms with Crippen LogP contribution in [0.25, 0.3) is 0 Å². The van der Waals surface area contributed by atoms with Crippen molar-refractivity contribution in [3.8, 4) is 0 Å². The summed E-state index contributed by atoms with van der Waals surface area (Å²) in [6, 6.07) is 5.79. The van der Waals surface area contributed by atoms with Crippen LogP contribution < -0.4 is 0 Å². The van der Waals surface area contributed by atoms with Crippen LogP contribution in [0.5, 0.6) is 0 Å². The van der Waals surface area contributed by atoms with Crippen LogP contribution >= 0.6 is 11.6 Å². The van der Waals surface area contributed by atoms with Crippen molar-refractivity contribution in [3.05, 3.63) is 34.9 Å². The third kappa shape index (κ3) is 2.98. The van der Waals surface area contributed by atoms with Gasteiger partial charge >= 0.3 is 6.18 Å². The lowest BCUT2D eigenvalue weighted by atomic mass is 9.45. The summed E-state index contributed by atoms with van der Waals surface area (Å²) in [5.74, 6) is -3.16. The van der Waals surface area contributed by atoms with E-state index in [0.717, 1.165) is 19.3 Å². The number of hydrogen-bond acceptors (Lipinski definition) is 2. The quantitative estimate of drug-likeness (QED) is 0.508. The summed E-state index contributed by atoms with van der Waals surface area (Å²) in [7, 11) is 0. The number of halogens is 4. The predicted octanol–water partition coefficient (Wildman–Crippen LogP) is 5.49. The van der Waals surface area contributed by atoms with Crippen LogP contribution in [-0.2, 0) is 4.79 Å². The summed E-state index contributed by atoms with van der Waals surface area (Å²) in [6.07, 6.45) is -0.236. The van der Waals surface area contributed by atoms with E-state index in [1.54, 1.807) is 0 Å². The summed E-state index contributed by atoms with van der Waals surface area (Å²) in [5, 5.41) is 0.398. The molecule has 0 N–H and O–H groups in total. The number of carbonyl (C=O) groups is 2. The molecule has 0 aromatic heterocycles. The van der Waals surface area contributed by atoms with Crippen LogP contribution in [0.15, 0.2) is 24.3 Å². The summed E-state index contributed by atoms with van der Waals surface area (Å²) < 4.78 is 40.2. The van der Waals surface area contributed by atoms with E-state index in [1.165, 1.54) is 24.3 Å². The second-order valence-electron chi connectivity index (χ2n) is 8.45. The minimum Gasteiger partial charge on any atom is -0.293 e. The second-order valence-corrected chi connectivity index (χ2v) is 8.88. The number of carbonyl (C=O) groups excluding carboxylic acids is 2. The highest BCUT2D eigenvalue weighted by molar-refractivity contribution is 6.30. The fourth-order valence-electron chi connectivity index (χ4n) is 6.15. The molecule has 4 aliphatic rings. The molecular weight excluding hydrogens is 365 g/mol. The van der Waals surface area contributed by atoms with Crippen LogP contribution in [-0.4, -0.2) is 17.7 Å². The Hall–Kier alpha value is -1.36. The average molecular weight is 385 g/mol. The van der Waals surface area contributed by atoms with E-state index in [0.29, 0.717) is 42.0 Å². The summed E-state index contributed by atoms with van der Waals surface area (Å²) in [6.45, 7) is 0. The van der Waals surface area contributed by atoms with Crippen LogP contribution in [0, 0.1) is 29.1 Å². The van der Waals surface area contributed by atoms with Crippen molar-refractivity contribution in [1.29, 1.82) is 0 Å². The molecule has 1 aromatic carbocycles. The molecule has 6 heteroatoms. The van der Waals surface area contributed by atoms with Gasteiger partial charge in [0.15, 0.2) is 5.78 Å². The molecule has 26 heavy (non-hydrogen) atoms. The van der Waals surface area contributed by atoms with E-state index in [2.05, 4.69) is 0 Å². The monoisotopic (exact) mass is 384 g/mol. The SMILES string of the molecule is O=C(c1ccc(Cl)cc1)[C@H](C(=O)C(F)(F)F)C12CC3CC(CC(C3)C1)C2. The molecule has 1 aromatic rings. The third-order valence-corrected chi connectivity index (χ3v) is 6.88. The molecule has 2 nitrogen and oxygen atoms in total. The van der Waals surface area contributed by atoms with Gasteiger partial charge < -0.3 is 0 Å². The number of rotatable bonds is 4. The first-order valence-corrected chi connectivity index (χ1v) is 9.46. The maximum absolute atomic E-state index is 13.4. The first-order valence-electron chi connectivity index (χ1n) is 9.09. The van der Waals surface area contributed by atoms with Gasteiger partial charge in [0, 0.05) is 10.6 Å². The van der Waals surface area contributed by atoms with Crippen LogP contribution in [0.3, 0.4) is 0 Å². The van der Waals surface area contributed by atoms with E-state index in [4.69, 9.17) is 11.6 Å². The second kappa shape index (κ2) is 6.08. The molecule has 0 saturated heterocycles. The molecule has 140 valence electrons. The van der Waals surface area contributed by atoms with Gasteiger partial charge in [0.2, 0.25) is 5.78 Å². The minimum atomic E-state index is -5.00. The molecule has 0 amide bonds. The first-order chi connectivity index (χ1) is 12.2. The van der Waals surface area contributed by atoms with Crippen molar-refractivity contribution in [2.45, 2.75) is 44.7 Å². The summed E-state index contributed by atoms with van der Waals surface area (Å²) >= 11 is 5.83. The lowest BCUT2D eigenvalue weighted by molar-refractivity contribution is -0.183.